The first-order valence-electron chi connectivity index (χ1n) is 9.62. The number of rotatable bonds is 6. The van der Waals surface area contributed by atoms with Gasteiger partial charge in [-0.15, -0.1) is 0 Å². The number of carbonyl (C=O) groups is 1. The molecule has 1 fully saturated rings. The minimum absolute atomic E-state index is 0.0538. The van der Waals surface area contributed by atoms with Crippen molar-refractivity contribution in [3.8, 4) is 11.5 Å². The molecule has 1 amide bonds. The molecule has 0 aromatic heterocycles. The molecule has 12 heteroatoms. The van der Waals surface area contributed by atoms with E-state index in [-0.39, 0.29) is 18.7 Å². The second kappa shape index (κ2) is 8.81. The highest BCUT2D eigenvalue weighted by atomic mass is 32.2. The van der Waals surface area contributed by atoms with Gasteiger partial charge < -0.3 is 14.4 Å². The van der Waals surface area contributed by atoms with Gasteiger partial charge in [-0.05, 0) is 42.8 Å². The molecule has 1 heterocycles. The summed E-state index contributed by atoms with van der Waals surface area (Å²) in [6.07, 6.45) is -6.20. The summed E-state index contributed by atoms with van der Waals surface area (Å²) in [4.78, 5) is 13.9. The van der Waals surface area contributed by atoms with E-state index < -0.39 is 67.5 Å². The Hall–Kier alpha value is -2.89. The summed E-state index contributed by atoms with van der Waals surface area (Å²) in [7, 11) is -2.85. The molecule has 1 aliphatic heterocycles. The van der Waals surface area contributed by atoms with E-state index >= 15 is 0 Å². The smallest absolute Gasteiger partial charge is 0.425 e. The van der Waals surface area contributed by atoms with Crippen molar-refractivity contribution in [2.75, 3.05) is 26.5 Å². The third-order valence-electron chi connectivity index (χ3n) is 5.23. The van der Waals surface area contributed by atoms with Gasteiger partial charge in [0.15, 0.2) is 21.7 Å². The Kier molecular flexibility index (Phi) is 6.60. The van der Waals surface area contributed by atoms with Gasteiger partial charge in [-0.2, -0.15) is 13.2 Å². The van der Waals surface area contributed by atoms with Crippen molar-refractivity contribution in [1.82, 2.24) is 4.90 Å². The van der Waals surface area contributed by atoms with Crippen LogP contribution >= 0.6 is 0 Å². The Bertz CT molecular complexity index is 1180. The van der Waals surface area contributed by atoms with Gasteiger partial charge in [0, 0.05) is 25.3 Å². The summed E-state index contributed by atoms with van der Waals surface area (Å²) in [5.74, 6) is -3.71. The van der Waals surface area contributed by atoms with E-state index in [9.17, 15) is 35.2 Å². The van der Waals surface area contributed by atoms with Gasteiger partial charge in [-0.1, -0.05) is 0 Å². The lowest BCUT2D eigenvalue weighted by molar-refractivity contribution is -0.189. The van der Waals surface area contributed by atoms with Gasteiger partial charge in [-0.25, -0.2) is 17.2 Å². The molecule has 1 atom stereocenters. The average molecular weight is 493 g/mol. The normalized spacial score (nSPS) is 15.7. The number of benzene rings is 2. The molecular weight excluding hydrogens is 473 g/mol. The topological polar surface area (TPSA) is 72.9 Å². The van der Waals surface area contributed by atoms with Crippen LogP contribution < -0.4 is 9.47 Å². The first-order chi connectivity index (χ1) is 15.2. The fourth-order valence-corrected chi connectivity index (χ4v) is 4.26. The molecule has 0 unspecified atom stereocenters. The highest BCUT2D eigenvalue weighted by Gasteiger charge is 2.41. The van der Waals surface area contributed by atoms with E-state index in [2.05, 4.69) is 0 Å². The summed E-state index contributed by atoms with van der Waals surface area (Å²) < 4.78 is 101. The van der Waals surface area contributed by atoms with Crippen molar-refractivity contribution < 1.29 is 44.6 Å². The molecule has 1 saturated heterocycles. The number of hydrogen-bond acceptors (Lipinski definition) is 5. The minimum Gasteiger partial charge on any atom is -0.494 e. The number of likely N-dealkylation sites (tertiary alicyclic amines) is 1. The van der Waals surface area contributed by atoms with Crippen LogP contribution in [0.2, 0.25) is 0 Å². The summed E-state index contributed by atoms with van der Waals surface area (Å²) in [5, 5.41) is 0. The molecule has 33 heavy (non-hydrogen) atoms. The summed E-state index contributed by atoms with van der Waals surface area (Å²) in [5.41, 5.74) is -0.451. The average Bonchev–Trinajstić information content (AvgIpc) is 2.67. The van der Waals surface area contributed by atoms with Gasteiger partial charge in [0.25, 0.3) is 5.91 Å². The lowest BCUT2D eigenvalue weighted by atomic mass is 9.90. The largest absolute Gasteiger partial charge is 0.494 e. The van der Waals surface area contributed by atoms with E-state index in [1.807, 2.05) is 0 Å². The Morgan fingerprint density at radius 3 is 2.33 bits per heavy atom. The number of halogens is 5. The van der Waals surface area contributed by atoms with Crippen molar-refractivity contribution in [2.24, 2.45) is 0 Å². The maximum atomic E-state index is 14.0. The zero-order chi connectivity index (χ0) is 24.7. The predicted octanol–water partition coefficient (Wildman–Crippen LogP) is 3.95. The molecule has 3 rings (SSSR count). The number of nitrogens with zero attached hydrogens (tertiary/aromatic N) is 1. The van der Waals surface area contributed by atoms with Gasteiger partial charge in [0.1, 0.15) is 27.8 Å². The maximum Gasteiger partial charge on any atom is 0.425 e. The van der Waals surface area contributed by atoms with Gasteiger partial charge in [0.05, 0.1) is 7.11 Å². The number of ether oxygens (including phenoxy) is 2. The van der Waals surface area contributed by atoms with Crippen molar-refractivity contribution >= 4 is 15.7 Å². The number of sulfone groups is 1. The first kappa shape index (κ1) is 24.7. The van der Waals surface area contributed by atoms with E-state index in [4.69, 9.17) is 9.47 Å². The SMILES string of the molecule is COc1c(S(C)(=O)=O)ccc(O[C@@H](C)C(F)(F)F)c1C(=O)N1CC(c2cc(F)ccc2F)C1. The number of hydrogen-bond donors (Lipinski definition) is 0. The molecule has 0 saturated carbocycles. The van der Waals surface area contributed by atoms with Crippen LogP contribution in [0.3, 0.4) is 0 Å². The fraction of sp³-hybridized carbons (Fsp3) is 0.381. The van der Waals surface area contributed by atoms with E-state index in [0.717, 1.165) is 55.5 Å². The Morgan fingerprint density at radius 2 is 1.79 bits per heavy atom. The zero-order valence-electron chi connectivity index (χ0n) is 17.7. The van der Waals surface area contributed by atoms with E-state index in [1.54, 1.807) is 0 Å². The molecule has 2 aromatic rings. The second-order valence-corrected chi connectivity index (χ2v) is 9.60. The Labute approximate surface area is 186 Å². The van der Waals surface area contributed by atoms with Crippen LogP contribution in [-0.4, -0.2) is 58.0 Å². The van der Waals surface area contributed by atoms with Crippen LogP contribution in [0.25, 0.3) is 0 Å². The summed E-state index contributed by atoms with van der Waals surface area (Å²) >= 11 is 0. The number of alkyl halides is 3. The molecule has 0 radical (unpaired) electrons. The molecule has 2 aromatic carbocycles. The Morgan fingerprint density at radius 1 is 1.15 bits per heavy atom. The predicted molar refractivity (Wildman–Crippen MR) is 107 cm³/mol. The van der Waals surface area contributed by atoms with Crippen molar-refractivity contribution in [2.45, 2.75) is 30.0 Å². The highest BCUT2D eigenvalue weighted by Crippen LogP contribution is 2.40. The number of amides is 1. The molecule has 0 spiro atoms. The lowest BCUT2D eigenvalue weighted by Gasteiger charge is -2.40. The maximum absolute atomic E-state index is 14.0. The molecule has 6 nitrogen and oxygen atoms in total. The third kappa shape index (κ3) is 5.05. The standard InChI is InChI=1S/C21H20F5NO5S/c1-11(21(24,25)26)32-16-6-7-17(33(3,29)30)19(31-2)18(16)20(28)27-9-12(10-27)14-8-13(22)4-5-15(14)23/h4-8,11-12H,9-10H2,1-3H3/t11-/m0/s1. The van der Waals surface area contributed by atoms with Gasteiger partial charge in [-0.3, -0.25) is 4.79 Å². The van der Waals surface area contributed by atoms with Crippen LogP contribution in [0.5, 0.6) is 11.5 Å². The zero-order valence-corrected chi connectivity index (χ0v) is 18.6. The molecule has 0 aliphatic carbocycles. The number of carbonyl (C=O) groups excluding carboxylic acids is 1. The molecule has 180 valence electrons. The summed E-state index contributed by atoms with van der Waals surface area (Å²) in [6.45, 7) is 0.594. The fourth-order valence-electron chi connectivity index (χ4n) is 3.42. The van der Waals surface area contributed by atoms with Crippen molar-refractivity contribution in [3.63, 3.8) is 0 Å². The number of methoxy groups -OCH3 is 1. The minimum atomic E-state index is -4.75. The van der Waals surface area contributed by atoms with Gasteiger partial charge in [0.2, 0.25) is 0 Å². The van der Waals surface area contributed by atoms with Crippen molar-refractivity contribution in [1.29, 1.82) is 0 Å². The van der Waals surface area contributed by atoms with Gasteiger partial charge >= 0.3 is 6.18 Å². The van der Waals surface area contributed by atoms with Crippen LogP contribution in [0, 0.1) is 11.6 Å². The van der Waals surface area contributed by atoms with Crippen LogP contribution in [0.15, 0.2) is 35.2 Å². The molecular formula is C21H20F5NO5S. The quantitative estimate of drug-likeness (QED) is 0.570. The van der Waals surface area contributed by atoms with Crippen LogP contribution in [0.1, 0.15) is 28.8 Å². The van der Waals surface area contributed by atoms with Crippen molar-refractivity contribution in [3.05, 3.63) is 53.1 Å². The lowest BCUT2D eigenvalue weighted by Crippen LogP contribution is -2.49. The summed E-state index contributed by atoms with van der Waals surface area (Å²) in [6, 6.07) is 4.86. The Balaban J connectivity index is 1.99. The van der Waals surface area contributed by atoms with Crippen LogP contribution in [0.4, 0.5) is 22.0 Å². The third-order valence-corrected chi connectivity index (χ3v) is 6.35. The molecule has 1 aliphatic rings. The highest BCUT2D eigenvalue weighted by molar-refractivity contribution is 7.90. The van der Waals surface area contributed by atoms with E-state index in [0.29, 0.717) is 0 Å². The second-order valence-electron chi connectivity index (χ2n) is 7.62. The monoisotopic (exact) mass is 493 g/mol. The van der Waals surface area contributed by atoms with Crippen LogP contribution in [-0.2, 0) is 9.84 Å². The molecule has 0 bridgehead atoms. The first-order valence-corrected chi connectivity index (χ1v) is 11.5. The molecule has 0 N–H and O–H groups in total. The van der Waals surface area contributed by atoms with E-state index in [1.165, 1.54) is 0 Å².